The summed E-state index contributed by atoms with van der Waals surface area (Å²) in [6.45, 7) is 3.78. The summed E-state index contributed by atoms with van der Waals surface area (Å²) < 4.78 is 34.4. The Bertz CT molecular complexity index is 1120. The van der Waals surface area contributed by atoms with E-state index in [4.69, 9.17) is 4.74 Å². The normalized spacial score (nSPS) is 11.3. The molecule has 0 spiro atoms. The van der Waals surface area contributed by atoms with E-state index in [1.54, 1.807) is 42.5 Å². The Morgan fingerprint density at radius 2 is 1.69 bits per heavy atom. The Kier molecular flexibility index (Phi) is 6.34. The van der Waals surface area contributed by atoms with Crippen LogP contribution < -0.4 is 9.46 Å². The summed E-state index contributed by atoms with van der Waals surface area (Å²) in [6, 6.07) is 14.1. The van der Waals surface area contributed by atoms with E-state index >= 15 is 0 Å². The van der Waals surface area contributed by atoms with E-state index in [1.165, 1.54) is 24.5 Å². The molecule has 0 amide bonds. The topological polar surface area (TPSA) is 85.4 Å². The third-order valence-corrected chi connectivity index (χ3v) is 5.79. The Morgan fingerprint density at radius 3 is 2.31 bits per heavy atom. The minimum absolute atomic E-state index is 0.0138. The molecule has 0 fully saturated rings. The van der Waals surface area contributed by atoms with Crippen molar-refractivity contribution in [1.82, 2.24) is 4.98 Å². The Morgan fingerprint density at radius 1 is 1.03 bits per heavy atom. The fraction of sp³-hybridized carbons (Fsp3) is 0.143. The van der Waals surface area contributed by atoms with Crippen molar-refractivity contribution in [2.45, 2.75) is 24.8 Å². The van der Waals surface area contributed by atoms with Gasteiger partial charge in [0.1, 0.15) is 5.75 Å². The predicted octanol–water partition coefficient (Wildman–Crippen LogP) is 4.66. The number of nitrogens with one attached hydrogen (secondary N) is 1. The summed E-state index contributed by atoms with van der Waals surface area (Å²) in [4.78, 5) is 16.9. The van der Waals surface area contributed by atoms with Gasteiger partial charge in [-0.15, -0.1) is 0 Å². The van der Waals surface area contributed by atoms with Gasteiger partial charge >= 0.3 is 0 Å². The number of carbonyl (C=O) groups excluding carboxylic acids is 1. The standard InChI is InChI=1S/C21H19BrN2O4S/c1-14(2)28-17-4-6-18(7-5-17)29(26,27)24-20-8-3-16(22)13-19(20)21(25)15-9-11-23-12-10-15/h3-14,24H,1-2H3. The molecule has 0 aliphatic heterocycles. The van der Waals surface area contributed by atoms with E-state index in [0.717, 1.165) is 0 Å². The van der Waals surface area contributed by atoms with Crippen molar-refractivity contribution in [1.29, 1.82) is 0 Å². The maximum Gasteiger partial charge on any atom is 0.261 e. The number of carbonyl (C=O) groups is 1. The number of hydrogen-bond donors (Lipinski definition) is 1. The summed E-state index contributed by atoms with van der Waals surface area (Å²) in [5.41, 5.74) is 0.833. The van der Waals surface area contributed by atoms with Crippen LogP contribution in [0.15, 0.2) is 76.4 Å². The lowest BCUT2D eigenvalue weighted by Gasteiger charge is -2.14. The SMILES string of the molecule is CC(C)Oc1ccc(S(=O)(=O)Nc2ccc(Br)cc2C(=O)c2ccncc2)cc1. The minimum atomic E-state index is -3.90. The van der Waals surface area contributed by atoms with E-state index in [-0.39, 0.29) is 28.0 Å². The van der Waals surface area contributed by atoms with Gasteiger partial charge in [0.25, 0.3) is 10.0 Å². The van der Waals surface area contributed by atoms with E-state index in [9.17, 15) is 13.2 Å². The van der Waals surface area contributed by atoms with E-state index in [1.807, 2.05) is 13.8 Å². The molecule has 0 atom stereocenters. The molecule has 29 heavy (non-hydrogen) atoms. The fourth-order valence-corrected chi connectivity index (χ4v) is 4.07. The van der Waals surface area contributed by atoms with Crippen molar-refractivity contribution >= 4 is 37.4 Å². The zero-order chi connectivity index (χ0) is 21.0. The van der Waals surface area contributed by atoms with Crippen LogP contribution in [-0.4, -0.2) is 25.3 Å². The molecule has 3 aromatic rings. The molecule has 1 N–H and O–H groups in total. The quantitative estimate of drug-likeness (QED) is 0.503. The zero-order valence-corrected chi connectivity index (χ0v) is 18.2. The molecule has 0 bridgehead atoms. The highest BCUT2D eigenvalue weighted by Crippen LogP contribution is 2.27. The van der Waals surface area contributed by atoms with Crippen molar-refractivity contribution in [3.8, 4) is 5.75 Å². The first-order valence-electron chi connectivity index (χ1n) is 8.80. The summed E-state index contributed by atoms with van der Waals surface area (Å²) in [5.74, 6) is 0.267. The molecule has 0 saturated carbocycles. The number of ether oxygens (including phenoxy) is 1. The van der Waals surface area contributed by atoms with Gasteiger partial charge in [0.05, 0.1) is 16.7 Å². The van der Waals surface area contributed by atoms with Gasteiger partial charge in [-0.05, 0) is 68.4 Å². The Labute approximate surface area is 178 Å². The number of pyridine rings is 1. The first-order chi connectivity index (χ1) is 13.8. The van der Waals surface area contributed by atoms with Crippen molar-refractivity contribution in [3.63, 3.8) is 0 Å². The lowest BCUT2D eigenvalue weighted by atomic mass is 10.0. The molecular formula is C21H19BrN2O4S. The van der Waals surface area contributed by atoms with Crippen molar-refractivity contribution in [2.75, 3.05) is 4.72 Å². The highest BCUT2D eigenvalue weighted by atomic mass is 79.9. The predicted molar refractivity (Wildman–Crippen MR) is 115 cm³/mol. The number of sulfonamides is 1. The van der Waals surface area contributed by atoms with Crippen LogP contribution in [0.4, 0.5) is 5.69 Å². The van der Waals surface area contributed by atoms with E-state index < -0.39 is 10.0 Å². The van der Waals surface area contributed by atoms with Gasteiger partial charge < -0.3 is 4.74 Å². The molecule has 0 aliphatic rings. The first kappa shape index (κ1) is 21.0. The van der Waals surface area contributed by atoms with E-state index in [2.05, 4.69) is 25.6 Å². The molecule has 0 unspecified atom stereocenters. The molecule has 1 aromatic heterocycles. The van der Waals surface area contributed by atoms with Crippen LogP contribution in [0.2, 0.25) is 0 Å². The fourth-order valence-electron chi connectivity index (χ4n) is 2.63. The van der Waals surface area contributed by atoms with Gasteiger partial charge in [-0.2, -0.15) is 0 Å². The number of nitrogens with zero attached hydrogens (tertiary/aromatic N) is 1. The molecule has 3 rings (SSSR count). The molecule has 150 valence electrons. The number of aromatic nitrogens is 1. The summed E-state index contributed by atoms with van der Waals surface area (Å²) in [6.07, 6.45) is 3.01. The highest BCUT2D eigenvalue weighted by Gasteiger charge is 2.20. The molecule has 0 aliphatic carbocycles. The Balaban J connectivity index is 1.92. The molecule has 8 heteroatoms. The minimum Gasteiger partial charge on any atom is -0.491 e. The van der Waals surface area contributed by atoms with Crippen molar-refractivity contribution in [3.05, 3.63) is 82.6 Å². The highest BCUT2D eigenvalue weighted by molar-refractivity contribution is 9.10. The summed E-state index contributed by atoms with van der Waals surface area (Å²) in [7, 11) is -3.90. The van der Waals surface area contributed by atoms with E-state index in [0.29, 0.717) is 15.8 Å². The Hall–Kier alpha value is -2.71. The van der Waals surface area contributed by atoms with Crippen LogP contribution in [0.5, 0.6) is 5.75 Å². The van der Waals surface area contributed by atoms with Gasteiger partial charge in [0.15, 0.2) is 5.78 Å². The monoisotopic (exact) mass is 474 g/mol. The van der Waals surface area contributed by atoms with Crippen LogP contribution in [-0.2, 0) is 10.0 Å². The number of anilines is 1. The van der Waals surface area contributed by atoms with Crippen LogP contribution in [0.3, 0.4) is 0 Å². The molecule has 1 heterocycles. The molecule has 2 aromatic carbocycles. The third kappa shape index (κ3) is 5.21. The number of hydrogen-bond acceptors (Lipinski definition) is 5. The van der Waals surface area contributed by atoms with Crippen LogP contribution in [0, 0.1) is 0 Å². The first-order valence-corrected chi connectivity index (χ1v) is 11.1. The summed E-state index contributed by atoms with van der Waals surface area (Å²) in [5, 5.41) is 0. The zero-order valence-electron chi connectivity index (χ0n) is 15.8. The molecule has 0 radical (unpaired) electrons. The van der Waals surface area contributed by atoms with Crippen LogP contribution in [0.1, 0.15) is 29.8 Å². The number of rotatable bonds is 7. The number of benzene rings is 2. The molecular weight excluding hydrogens is 456 g/mol. The maximum absolute atomic E-state index is 12.9. The molecule has 6 nitrogen and oxygen atoms in total. The van der Waals surface area contributed by atoms with Gasteiger partial charge in [-0.1, -0.05) is 15.9 Å². The lowest BCUT2D eigenvalue weighted by molar-refractivity contribution is 0.103. The average molecular weight is 475 g/mol. The second-order valence-corrected chi connectivity index (χ2v) is 9.10. The van der Waals surface area contributed by atoms with Crippen LogP contribution >= 0.6 is 15.9 Å². The second kappa shape index (κ2) is 8.75. The third-order valence-electron chi connectivity index (χ3n) is 3.92. The van der Waals surface area contributed by atoms with Crippen molar-refractivity contribution in [2.24, 2.45) is 0 Å². The number of halogens is 1. The summed E-state index contributed by atoms with van der Waals surface area (Å²) >= 11 is 3.33. The average Bonchev–Trinajstić information content (AvgIpc) is 2.69. The largest absolute Gasteiger partial charge is 0.491 e. The van der Waals surface area contributed by atoms with Gasteiger partial charge in [0.2, 0.25) is 0 Å². The second-order valence-electron chi connectivity index (χ2n) is 6.50. The van der Waals surface area contributed by atoms with Crippen molar-refractivity contribution < 1.29 is 17.9 Å². The number of ketones is 1. The lowest BCUT2D eigenvalue weighted by Crippen LogP contribution is -2.16. The maximum atomic E-state index is 12.9. The molecule has 0 saturated heterocycles. The van der Waals surface area contributed by atoms with Gasteiger partial charge in [0, 0.05) is 28.0 Å². The smallest absolute Gasteiger partial charge is 0.261 e. The van der Waals surface area contributed by atoms with Gasteiger partial charge in [-0.25, -0.2) is 8.42 Å². The van der Waals surface area contributed by atoms with Gasteiger partial charge in [-0.3, -0.25) is 14.5 Å². The van der Waals surface area contributed by atoms with Crippen LogP contribution in [0.25, 0.3) is 0 Å².